The van der Waals surface area contributed by atoms with Gasteiger partial charge in [-0.15, -0.1) is 11.3 Å². The molecule has 6 heteroatoms. The van der Waals surface area contributed by atoms with Gasteiger partial charge < -0.3 is 15.4 Å². The van der Waals surface area contributed by atoms with Crippen LogP contribution in [-0.2, 0) is 11.2 Å². The minimum absolute atomic E-state index is 0.129. The summed E-state index contributed by atoms with van der Waals surface area (Å²) in [6.45, 7) is 0.912. The Morgan fingerprint density at radius 1 is 1.10 bits per heavy atom. The number of hydrogen-bond donors (Lipinski definition) is 1. The van der Waals surface area contributed by atoms with Crippen molar-refractivity contribution in [2.45, 2.75) is 19.3 Å². The molecule has 1 aliphatic heterocycles. The quantitative estimate of drug-likeness (QED) is 0.626. The number of piperidine rings is 1. The zero-order chi connectivity index (χ0) is 21.8. The Labute approximate surface area is 186 Å². The molecule has 0 aliphatic carbocycles. The Morgan fingerprint density at radius 3 is 2.55 bits per heavy atom. The van der Waals surface area contributed by atoms with E-state index in [-0.39, 0.29) is 11.8 Å². The Balaban J connectivity index is 1.56. The highest BCUT2D eigenvalue weighted by Gasteiger charge is 2.42. The van der Waals surface area contributed by atoms with Gasteiger partial charge in [0.25, 0.3) is 5.91 Å². The van der Waals surface area contributed by atoms with Crippen molar-refractivity contribution in [1.82, 2.24) is 4.90 Å². The third kappa shape index (κ3) is 4.35. The predicted molar refractivity (Wildman–Crippen MR) is 123 cm³/mol. The number of hydrogen-bond acceptors (Lipinski definition) is 4. The van der Waals surface area contributed by atoms with Crippen molar-refractivity contribution in [3.05, 3.63) is 77.2 Å². The molecule has 2 aromatic carbocycles. The molecule has 0 bridgehead atoms. The number of rotatable bonds is 6. The van der Waals surface area contributed by atoms with Gasteiger partial charge in [-0.1, -0.05) is 42.5 Å². The lowest BCUT2D eigenvalue weighted by molar-refractivity contribution is -0.130. The van der Waals surface area contributed by atoms with Crippen LogP contribution in [0, 0.1) is 5.41 Å². The molecule has 1 aliphatic rings. The van der Waals surface area contributed by atoms with Gasteiger partial charge in [-0.2, -0.15) is 0 Å². The maximum absolute atomic E-state index is 13.2. The smallest absolute Gasteiger partial charge is 0.257 e. The van der Waals surface area contributed by atoms with Gasteiger partial charge in [0.1, 0.15) is 5.75 Å². The van der Waals surface area contributed by atoms with Gasteiger partial charge in [0, 0.05) is 18.0 Å². The number of methoxy groups -OCH3 is 1. The van der Waals surface area contributed by atoms with Crippen LogP contribution in [0.4, 0.5) is 0 Å². The summed E-state index contributed by atoms with van der Waals surface area (Å²) in [7, 11) is 1.55. The minimum Gasteiger partial charge on any atom is -0.496 e. The van der Waals surface area contributed by atoms with E-state index in [1.165, 1.54) is 4.88 Å². The minimum atomic E-state index is -0.777. The highest BCUT2D eigenvalue weighted by atomic mass is 32.1. The van der Waals surface area contributed by atoms with Gasteiger partial charge in [0.2, 0.25) is 5.91 Å². The van der Waals surface area contributed by atoms with Crippen LogP contribution in [0.2, 0.25) is 0 Å². The first-order valence-electron chi connectivity index (χ1n) is 10.4. The Morgan fingerprint density at radius 2 is 1.87 bits per heavy atom. The number of nitrogens with two attached hydrogens (primary N) is 1. The van der Waals surface area contributed by atoms with Gasteiger partial charge in [0.05, 0.1) is 18.1 Å². The molecule has 1 aromatic heterocycles. The molecule has 2 N–H and O–H groups in total. The number of amides is 2. The molecule has 2 heterocycles. The molecule has 5 nitrogen and oxygen atoms in total. The van der Waals surface area contributed by atoms with E-state index in [0.29, 0.717) is 37.2 Å². The molecule has 4 rings (SSSR count). The van der Waals surface area contributed by atoms with Crippen LogP contribution in [0.1, 0.15) is 28.8 Å². The lowest BCUT2D eigenvalue weighted by Gasteiger charge is -2.41. The standard InChI is InChI=1S/C25H26N2O3S/c1-30-21-7-3-2-6-20(21)23(28)27-14-5-13-25(17-27,24(26)29)16-18-9-11-19(12-10-18)22-8-4-15-31-22/h2-4,6-12,15H,5,13-14,16-17H2,1H3,(H2,26,29)/t25-/m0/s1. The second-order valence-corrected chi connectivity index (χ2v) is 8.97. The molecule has 1 fully saturated rings. The summed E-state index contributed by atoms with van der Waals surface area (Å²) in [4.78, 5) is 28.8. The number of primary amides is 1. The second kappa shape index (κ2) is 8.94. The van der Waals surface area contributed by atoms with Gasteiger partial charge in [-0.25, -0.2) is 0 Å². The molecular weight excluding hydrogens is 408 g/mol. The van der Waals surface area contributed by atoms with Crippen LogP contribution >= 0.6 is 11.3 Å². The van der Waals surface area contributed by atoms with Gasteiger partial charge in [-0.3, -0.25) is 9.59 Å². The number of carbonyl (C=O) groups excluding carboxylic acids is 2. The Hall–Kier alpha value is -3.12. The monoisotopic (exact) mass is 434 g/mol. The lowest BCUT2D eigenvalue weighted by Crippen LogP contribution is -2.53. The summed E-state index contributed by atoms with van der Waals surface area (Å²) in [5, 5.41) is 2.06. The average molecular weight is 435 g/mol. The fourth-order valence-corrected chi connectivity index (χ4v) is 5.08. The van der Waals surface area contributed by atoms with Gasteiger partial charge in [-0.05, 0) is 54.0 Å². The average Bonchev–Trinajstić information content (AvgIpc) is 3.34. The first-order chi connectivity index (χ1) is 15.0. The van der Waals surface area contributed by atoms with E-state index in [0.717, 1.165) is 17.5 Å². The van der Waals surface area contributed by atoms with Gasteiger partial charge >= 0.3 is 0 Å². The maximum Gasteiger partial charge on any atom is 0.257 e. The topological polar surface area (TPSA) is 72.6 Å². The van der Waals surface area contributed by atoms with Crippen molar-refractivity contribution in [2.24, 2.45) is 11.1 Å². The molecule has 3 aromatic rings. The number of para-hydroxylation sites is 1. The van der Waals surface area contributed by atoms with Crippen molar-refractivity contribution in [2.75, 3.05) is 20.2 Å². The van der Waals surface area contributed by atoms with E-state index in [2.05, 4.69) is 35.7 Å². The fourth-order valence-electron chi connectivity index (χ4n) is 4.35. The van der Waals surface area contributed by atoms with Crippen LogP contribution in [0.25, 0.3) is 10.4 Å². The second-order valence-electron chi connectivity index (χ2n) is 8.03. The molecule has 0 unspecified atom stereocenters. The third-order valence-corrected chi connectivity index (χ3v) is 6.95. The number of carbonyl (C=O) groups is 2. The summed E-state index contributed by atoms with van der Waals surface area (Å²) in [6.07, 6.45) is 1.92. The molecule has 0 radical (unpaired) electrons. The zero-order valence-electron chi connectivity index (χ0n) is 17.5. The first-order valence-corrected chi connectivity index (χ1v) is 11.3. The maximum atomic E-state index is 13.2. The summed E-state index contributed by atoms with van der Waals surface area (Å²) >= 11 is 1.70. The third-order valence-electron chi connectivity index (χ3n) is 6.03. The summed E-state index contributed by atoms with van der Waals surface area (Å²) in [5.41, 5.74) is 7.84. The van der Waals surface area contributed by atoms with E-state index in [1.54, 1.807) is 35.5 Å². The molecule has 0 saturated carbocycles. The largest absolute Gasteiger partial charge is 0.496 e. The number of thiophene rings is 1. The Kier molecular flexibility index (Phi) is 6.09. The summed E-state index contributed by atoms with van der Waals surface area (Å²) < 4.78 is 5.36. The van der Waals surface area contributed by atoms with Crippen LogP contribution in [0.3, 0.4) is 0 Å². The summed E-state index contributed by atoms with van der Waals surface area (Å²) in [5.74, 6) is 0.0510. The van der Waals surface area contributed by atoms with Crippen molar-refractivity contribution < 1.29 is 14.3 Å². The van der Waals surface area contributed by atoms with Crippen LogP contribution < -0.4 is 10.5 Å². The van der Waals surface area contributed by atoms with E-state index in [4.69, 9.17) is 10.5 Å². The molecule has 31 heavy (non-hydrogen) atoms. The van der Waals surface area contributed by atoms with Crippen LogP contribution in [0.5, 0.6) is 5.75 Å². The van der Waals surface area contributed by atoms with Gasteiger partial charge in [0.15, 0.2) is 0 Å². The normalized spacial score (nSPS) is 18.5. The van der Waals surface area contributed by atoms with E-state index >= 15 is 0 Å². The molecule has 1 saturated heterocycles. The van der Waals surface area contributed by atoms with E-state index < -0.39 is 5.41 Å². The molecular formula is C25H26N2O3S. The number of nitrogens with zero attached hydrogens (tertiary/aromatic N) is 1. The molecule has 160 valence electrons. The molecule has 2 amide bonds. The highest BCUT2D eigenvalue weighted by Crippen LogP contribution is 2.35. The summed E-state index contributed by atoms with van der Waals surface area (Å²) in [6, 6.07) is 19.6. The first kappa shape index (κ1) is 21.1. The van der Waals surface area contributed by atoms with E-state index in [1.807, 2.05) is 18.2 Å². The fraction of sp³-hybridized carbons (Fsp3) is 0.280. The molecule has 1 atom stereocenters. The van der Waals surface area contributed by atoms with E-state index in [9.17, 15) is 9.59 Å². The van der Waals surface area contributed by atoms with Crippen LogP contribution in [0.15, 0.2) is 66.0 Å². The number of benzene rings is 2. The number of likely N-dealkylation sites (tertiary alicyclic amines) is 1. The van der Waals surface area contributed by atoms with Crippen LogP contribution in [-0.4, -0.2) is 36.9 Å². The van der Waals surface area contributed by atoms with Crippen molar-refractivity contribution >= 4 is 23.2 Å². The Bertz CT molecular complexity index is 1060. The van der Waals surface area contributed by atoms with Crippen molar-refractivity contribution in [3.63, 3.8) is 0 Å². The van der Waals surface area contributed by atoms with Crippen molar-refractivity contribution in [3.8, 4) is 16.2 Å². The van der Waals surface area contributed by atoms with Crippen molar-refractivity contribution in [1.29, 1.82) is 0 Å². The number of ether oxygens (including phenoxy) is 1. The zero-order valence-corrected chi connectivity index (χ0v) is 18.4. The molecule has 0 spiro atoms. The highest BCUT2D eigenvalue weighted by molar-refractivity contribution is 7.13. The SMILES string of the molecule is COc1ccccc1C(=O)N1CCC[C@@](Cc2ccc(-c3cccs3)cc2)(C(N)=O)C1. The lowest BCUT2D eigenvalue weighted by atomic mass is 9.74. The predicted octanol–water partition coefficient (Wildman–Crippen LogP) is 4.37.